The van der Waals surface area contributed by atoms with Crippen LogP contribution < -0.4 is 11.1 Å². The summed E-state index contributed by atoms with van der Waals surface area (Å²) >= 11 is 5.79. The van der Waals surface area contributed by atoms with Crippen LogP contribution in [0.15, 0.2) is 36.4 Å². The number of nitrogens with one attached hydrogen (secondary N) is 1. The van der Waals surface area contributed by atoms with Gasteiger partial charge in [0.15, 0.2) is 0 Å². The SMILES string of the molecule is Cc1ccc(NC(=O)c2cc(Cl)cc(O)c2N)cc1. The minimum atomic E-state index is -0.417. The zero-order chi connectivity index (χ0) is 14.0. The van der Waals surface area contributed by atoms with Crippen LogP contribution in [0.2, 0.25) is 5.02 Å². The molecule has 0 heterocycles. The third-order valence-corrected chi connectivity index (χ3v) is 2.90. The molecule has 0 aliphatic heterocycles. The van der Waals surface area contributed by atoms with E-state index in [9.17, 15) is 9.90 Å². The number of anilines is 2. The van der Waals surface area contributed by atoms with Crippen molar-refractivity contribution in [2.75, 3.05) is 11.1 Å². The molecule has 0 bridgehead atoms. The van der Waals surface area contributed by atoms with Gasteiger partial charge in [-0.15, -0.1) is 0 Å². The largest absolute Gasteiger partial charge is 0.506 e. The minimum Gasteiger partial charge on any atom is -0.506 e. The van der Waals surface area contributed by atoms with Gasteiger partial charge in [0.25, 0.3) is 5.91 Å². The molecule has 0 fully saturated rings. The number of aromatic hydroxyl groups is 1. The molecule has 2 aromatic carbocycles. The highest BCUT2D eigenvalue weighted by Gasteiger charge is 2.14. The molecule has 0 aromatic heterocycles. The number of aryl methyl sites for hydroxylation is 1. The van der Waals surface area contributed by atoms with Gasteiger partial charge in [-0.3, -0.25) is 4.79 Å². The van der Waals surface area contributed by atoms with Gasteiger partial charge in [0, 0.05) is 16.8 Å². The van der Waals surface area contributed by atoms with E-state index in [0.717, 1.165) is 5.56 Å². The minimum absolute atomic E-state index is 0.00834. The lowest BCUT2D eigenvalue weighted by Gasteiger charge is -2.09. The molecule has 0 aliphatic rings. The Morgan fingerprint density at radius 1 is 1.26 bits per heavy atom. The third kappa shape index (κ3) is 2.98. The highest BCUT2D eigenvalue weighted by molar-refractivity contribution is 6.31. The first kappa shape index (κ1) is 13.2. The Morgan fingerprint density at radius 2 is 1.89 bits per heavy atom. The summed E-state index contributed by atoms with van der Waals surface area (Å²) < 4.78 is 0. The summed E-state index contributed by atoms with van der Waals surface area (Å²) in [6, 6.07) is 10.0. The molecule has 19 heavy (non-hydrogen) atoms. The molecule has 0 atom stereocenters. The maximum absolute atomic E-state index is 12.1. The van der Waals surface area contributed by atoms with Crippen LogP contribution in [0.3, 0.4) is 0 Å². The van der Waals surface area contributed by atoms with E-state index in [2.05, 4.69) is 5.32 Å². The van der Waals surface area contributed by atoms with Gasteiger partial charge in [0.2, 0.25) is 0 Å². The van der Waals surface area contributed by atoms with Gasteiger partial charge < -0.3 is 16.2 Å². The third-order valence-electron chi connectivity index (χ3n) is 2.68. The zero-order valence-electron chi connectivity index (χ0n) is 10.3. The van der Waals surface area contributed by atoms with Gasteiger partial charge in [0.1, 0.15) is 5.75 Å². The number of hydrogen-bond donors (Lipinski definition) is 3. The van der Waals surface area contributed by atoms with Crippen LogP contribution in [0.4, 0.5) is 11.4 Å². The Morgan fingerprint density at radius 3 is 2.53 bits per heavy atom. The number of amides is 1. The molecule has 4 N–H and O–H groups in total. The van der Waals surface area contributed by atoms with Crippen molar-refractivity contribution in [3.8, 4) is 5.75 Å². The van der Waals surface area contributed by atoms with Crippen molar-refractivity contribution in [3.63, 3.8) is 0 Å². The van der Waals surface area contributed by atoms with Crippen LogP contribution in [0.1, 0.15) is 15.9 Å². The van der Waals surface area contributed by atoms with Gasteiger partial charge in [-0.25, -0.2) is 0 Å². The Hall–Kier alpha value is -2.20. The molecule has 0 saturated carbocycles. The first-order chi connectivity index (χ1) is 8.97. The van der Waals surface area contributed by atoms with Crippen molar-refractivity contribution in [1.82, 2.24) is 0 Å². The van der Waals surface area contributed by atoms with Crippen LogP contribution in [-0.2, 0) is 0 Å². The fraction of sp³-hybridized carbons (Fsp3) is 0.0714. The molecule has 98 valence electrons. The van der Waals surface area contributed by atoms with Crippen molar-refractivity contribution >= 4 is 28.9 Å². The molecule has 2 aromatic rings. The number of hydrogen-bond acceptors (Lipinski definition) is 3. The zero-order valence-corrected chi connectivity index (χ0v) is 11.0. The van der Waals surface area contributed by atoms with Gasteiger partial charge in [-0.1, -0.05) is 29.3 Å². The topological polar surface area (TPSA) is 75.3 Å². The Labute approximate surface area is 115 Å². The number of benzene rings is 2. The van der Waals surface area contributed by atoms with E-state index in [0.29, 0.717) is 5.69 Å². The van der Waals surface area contributed by atoms with E-state index in [1.807, 2.05) is 19.1 Å². The van der Waals surface area contributed by atoms with Crippen LogP contribution in [0.5, 0.6) is 5.75 Å². The van der Waals surface area contributed by atoms with E-state index >= 15 is 0 Å². The van der Waals surface area contributed by atoms with Crippen molar-refractivity contribution in [3.05, 3.63) is 52.5 Å². The Bertz CT molecular complexity index is 624. The molecule has 5 heteroatoms. The molecule has 1 amide bonds. The van der Waals surface area contributed by atoms with Gasteiger partial charge in [0.05, 0.1) is 11.3 Å². The Kier molecular flexibility index (Phi) is 3.62. The number of phenols is 1. The van der Waals surface area contributed by atoms with Crippen molar-refractivity contribution < 1.29 is 9.90 Å². The molecule has 0 spiro atoms. The van der Waals surface area contributed by atoms with Crippen molar-refractivity contribution in [2.45, 2.75) is 6.92 Å². The molecule has 0 saturated heterocycles. The summed E-state index contributed by atoms with van der Waals surface area (Å²) in [5.41, 5.74) is 7.56. The second kappa shape index (κ2) is 5.20. The number of halogens is 1. The summed E-state index contributed by atoms with van der Waals surface area (Å²) in [7, 11) is 0. The fourth-order valence-electron chi connectivity index (χ4n) is 1.63. The molecule has 4 nitrogen and oxygen atoms in total. The average Bonchev–Trinajstić information content (AvgIpc) is 2.36. The predicted molar refractivity (Wildman–Crippen MR) is 76.7 cm³/mol. The quantitative estimate of drug-likeness (QED) is 0.582. The summed E-state index contributed by atoms with van der Waals surface area (Å²) in [6.07, 6.45) is 0. The maximum atomic E-state index is 12.1. The van der Waals surface area contributed by atoms with Crippen molar-refractivity contribution in [2.24, 2.45) is 0 Å². The maximum Gasteiger partial charge on any atom is 0.257 e. The first-order valence-corrected chi connectivity index (χ1v) is 6.01. The van der Waals surface area contributed by atoms with Crippen LogP contribution in [0, 0.1) is 6.92 Å². The summed E-state index contributed by atoms with van der Waals surface area (Å²) in [5, 5.41) is 12.5. The van der Waals surface area contributed by atoms with E-state index < -0.39 is 5.91 Å². The van der Waals surface area contributed by atoms with Crippen LogP contribution in [-0.4, -0.2) is 11.0 Å². The molecular formula is C14H13ClN2O2. The summed E-state index contributed by atoms with van der Waals surface area (Å²) in [5.74, 6) is -0.624. The highest BCUT2D eigenvalue weighted by Crippen LogP contribution is 2.29. The lowest BCUT2D eigenvalue weighted by Crippen LogP contribution is -2.14. The number of rotatable bonds is 2. The smallest absolute Gasteiger partial charge is 0.257 e. The van der Waals surface area contributed by atoms with Gasteiger partial charge >= 0.3 is 0 Å². The Balaban J connectivity index is 2.27. The van der Waals surface area contributed by atoms with Crippen molar-refractivity contribution in [1.29, 1.82) is 0 Å². The van der Waals surface area contributed by atoms with Gasteiger partial charge in [-0.05, 0) is 25.1 Å². The van der Waals surface area contributed by atoms with Crippen LogP contribution in [0.25, 0.3) is 0 Å². The van der Waals surface area contributed by atoms with E-state index in [4.69, 9.17) is 17.3 Å². The summed E-state index contributed by atoms with van der Waals surface area (Å²) in [4.78, 5) is 12.1. The van der Waals surface area contributed by atoms with E-state index in [1.165, 1.54) is 12.1 Å². The second-order valence-electron chi connectivity index (χ2n) is 4.21. The molecule has 0 unspecified atom stereocenters. The molecule has 0 radical (unpaired) electrons. The lowest BCUT2D eigenvalue weighted by molar-refractivity contribution is 0.102. The highest BCUT2D eigenvalue weighted by atomic mass is 35.5. The standard InChI is InChI=1S/C14H13ClN2O2/c1-8-2-4-10(5-3-8)17-14(19)11-6-9(15)7-12(18)13(11)16/h2-7,18H,16H2,1H3,(H,17,19). The number of phenolic OH excluding ortho intramolecular Hbond substituents is 1. The number of carbonyl (C=O) groups excluding carboxylic acids is 1. The predicted octanol–water partition coefficient (Wildman–Crippen LogP) is 3.19. The van der Waals surface area contributed by atoms with E-state index in [-0.39, 0.29) is 22.0 Å². The number of nitrogens with two attached hydrogens (primary N) is 1. The lowest BCUT2D eigenvalue weighted by atomic mass is 10.1. The monoisotopic (exact) mass is 276 g/mol. The van der Waals surface area contributed by atoms with Crippen LogP contribution >= 0.6 is 11.6 Å². The number of nitrogen functional groups attached to an aromatic ring is 1. The molecule has 2 rings (SSSR count). The van der Waals surface area contributed by atoms with Gasteiger partial charge in [-0.2, -0.15) is 0 Å². The van der Waals surface area contributed by atoms with E-state index in [1.54, 1.807) is 12.1 Å². The second-order valence-corrected chi connectivity index (χ2v) is 4.64. The number of carbonyl (C=O) groups is 1. The summed E-state index contributed by atoms with van der Waals surface area (Å²) in [6.45, 7) is 1.96. The fourth-order valence-corrected chi connectivity index (χ4v) is 1.84. The molecule has 0 aliphatic carbocycles. The molecular weight excluding hydrogens is 264 g/mol. The normalized spacial score (nSPS) is 10.2. The first-order valence-electron chi connectivity index (χ1n) is 5.63. The average molecular weight is 277 g/mol.